The summed E-state index contributed by atoms with van der Waals surface area (Å²) in [5.41, 5.74) is 3.28. The summed E-state index contributed by atoms with van der Waals surface area (Å²) >= 11 is 4.32. The molecule has 0 saturated heterocycles. The number of hydrogen-bond acceptors (Lipinski definition) is 1. The van der Waals surface area contributed by atoms with Crippen LogP contribution in [0.15, 0.2) is 47.6 Å². The first-order valence-corrected chi connectivity index (χ1v) is 5.38. The van der Waals surface area contributed by atoms with E-state index < -0.39 is 0 Å². The van der Waals surface area contributed by atoms with Crippen molar-refractivity contribution in [3.05, 3.63) is 47.6 Å². The Morgan fingerprint density at radius 2 is 2.38 bits per heavy atom. The van der Waals surface area contributed by atoms with Gasteiger partial charge in [-0.25, -0.2) is 0 Å². The van der Waals surface area contributed by atoms with Crippen LogP contribution in [0, 0.1) is 11.3 Å². The van der Waals surface area contributed by atoms with Gasteiger partial charge in [0.25, 0.3) is 0 Å². The highest BCUT2D eigenvalue weighted by Gasteiger charge is 2.54. The van der Waals surface area contributed by atoms with Crippen LogP contribution < -0.4 is 0 Å². The standard InChI is InChI=1S/C12H12S/c13-8-9-5-10-3-1-2-4-12(10)7-11(12)6-9/h1-6,11,13H,7-8H2. The van der Waals surface area contributed by atoms with Crippen LogP contribution in [0.4, 0.5) is 0 Å². The molecule has 13 heavy (non-hydrogen) atoms. The lowest BCUT2D eigenvalue weighted by molar-refractivity contribution is 0.733. The smallest absolute Gasteiger partial charge is 0.0204 e. The lowest BCUT2D eigenvalue weighted by Gasteiger charge is -2.20. The molecule has 3 aliphatic carbocycles. The summed E-state index contributed by atoms with van der Waals surface area (Å²) in [4.78, 5) is 0. The van der Waals surface area contributed by atoms with Gasteiger partial charge in [-0.1, -0.05) is 36.5 Å². The lowest BCUT2D eigenvalue weighted by Crippen LogP contribution is -2.09. The van der Waals surface area contributed by atoms with Gasteiger partial charge >= 0.3 is 0 Å². The van der Waals surface area contributed by atoms with E-state index in [4.69, 9.17) is 0 Å². The molecule has 0 aliphatic heterocycles. The fraction of sp³-hybridized carbons (Fsp3) is 0.333. The summed E-state index contributed by atoms with van der Waals surface area (Å²) in [5, 5.41) is 0. The maximum atomic E-state index is 4.32. The van der Waals surface area contributed by atoms with E-state index in [9.17, 15) is 0 Å². The third-order valence-corrected chi connectivity index (χ3v) is 3.68. The zero-order chi connectivity index (χ0) is 8.89. The molecule has 2 unspecified atom stereocenters. The Kier molecular flexibility index (Phi) is 1.43. The minimum Gasteiger partial charge on any atom is -0.175 e. The third-order valence-electron chi connectivity index (χ3n) is 3.32. The molecule has 0 bridgehead atoms. The van der Waals surface area contributed by atoms with E-state index in [2.05, 4.69) is 49.1 Å². The van der Waals surface area contributed by atoms with Crippen LogP contribution in [-0.2, 0) is 0 Å². The molecular formula is C12H12S. The largest absolute Gasteiger partial charge is 0.175 e. The van der Waals surface area contributed by atoms with Gasteiger partial charge in [-0.15, -0.1) is 0 Å². The van der Waals surface area contributed by atoms with Crippen molar-refractivity contribution in [1.82, 2.24) is 0 Å². The fourth-order valence-electron chi connectivity index (χ4n) is 2.46. The molecule has 0 N–H and O–H groups in total. The first-order valence-electron chi connectivity index (χ1n) is 4.75. The monoisotopic (exact) mass is 188 g/mol. The van der Waals surface area contributed by atoms with E-state index in [0.717, 1.165) is 11.7 Å². The molecule has 0 heterocycles. The van der Waals surface area contributed by atoms with Crippen molar-refractivity contribution in [2.75, 3.05) is 5.75 Å². The lowest BCUT2D eigenvalue weighted by atomic mass is 9.84. The Morgan fingerprint density at radius 1 is 1.46 bits per heavy atom. The van der Waals surface area contributed by atoms with Gasteiger partial charge in [-0.2, -0.15) is 12.6 Å². The van der Waals surface area contributed by atoms with Crippen molar-refractivity contribution in [1.29, 1.82) is 0 Å². The van der Waals surface area contributed by atoms with E-state index in [1.807, 2.05) is 0 Å². The zero-order valence-electron chi connectivity index (χ0n) is 7.40. The SMILES string of the molecule is SCC1=CC2CC23C=CC=CC3=C1. The molecule has 1 saturated carbocycles. The molecule has 1 heteroatoms. The van der Waals surface area contributed by atoms with Gasteiger partial charge in [0.2, 0.25) is 0 Å². The third kappa shape index (κ3) is 0.939. The highest BCUT2D eigenvalue weighted by Crippen LogP contribution is 2.63. The van der Waals surface area contributed by atoms with Crippen molar-refractivity contribution in [3.63, 3.8) is 0 Å². The molecule has 3 rings (SSSR count). The van der Waals surface area contributed by atoms with Crippen molar-refractivity contribution in [2.24, 2.45) is 11.3 Å². The summed E-state index contributed by atoms with van der Waals surface area (Å²) in [5.74, 6) is 1.63. The molecule has 0 aromatic rings. The van der Waals surface area contributed by atoms with Crippen molar-refractivity contribution < 1.29 is 0 Å². The molecule has 3 aliphatic rings. The number of hydrogen-bond donors (Lipinski definition) is 1. The highest BCUT2D eigenvalue weighted by molar-refractivity contribution is 7.80. The summed E-state index contributed by atoms with van der Waals surface area (Å²) in [7, 11) is 0. The minimum absolute atomic E-state index is 0.404. The Bertz CT molecular complexity index is 371. The van der Waals surface area contributed by atoms with Crippen LogP contribution in [0.2, 0.25) is 0 Å². The van der Waals surface area contributed by atoms with Crippen LogP contribution in [0.5, 0.6) is 0 Å². The molecule has 0 aromatic carbocycles. The molecule has 0 aromatic heterocycles. The summed E-state index contributed by atoms with van der Waals surface area (Å²) in [6, 6.07) is 0. The summed E-state index contributed by atoms with van der Waals surface area (Å²) in [6.07, 6.45) is 14.9. The van der Waals surface area contributed by atoms with Gasteiger partial charge in [-0.3, -0.25) is 0 Å². The number of thiol groups is 1. The van der Waals surface area contributed by atoms with Crippen LogP contribution in [0.1, 0.15) is 6.42 Å². The van der Waals surface area contributed by atoms with Gasteiger partial charge in [-0.05, 0) is 23.5 Å². The van der Waals surface area contributed by atoms with Crippen molar-refractivity contribution in [3.8, 4) is 0 Å². The second-order valence-corrected chi connectivity index (χ2v) is 4.38. The van der Waals surface area contributed by atoms with Gasteiger partial charge in [0.05, 0.1) is 0 Å². The first kappa shape index (κ1) is 7.69. The predicted octanol–water partition coefficient (Wildman–Crippen LogP) is 2.91. The molecule has 2 atom stereocenters. The van der Waals surface area contributed by atoms with Gasteiger partial charge < -0.3 is 0 Å². The Balaban J connectivity index is 2.07. The van der Waals surface area contributed by atoms with E-state index >= 15 is 0 Å². The number of allylic oxidation sites excluding steroid dienone is 7. The average Bonchev–Trinajstić information content (AvgIpc) is 2.87. The van der Waals surface area contributed by atoms with Gasteiger partial charge in [0.15, 0.2) is 0 Å². The number of rotatable bonds is 1. The maximum Gasteiger partial charge on any atom is 0.0204 e. The van der Waals surface area contributed by atoms with Crippen molar-refractivity contribution >= 4 is 12.6 Å². The van der Waals surface area contributed by atoms with E-state index in [1.54, 1.807) is 0 Å². The Hall–Kier alpha value is -0.690. The van der Waals surface area contributed by atoms with Crippen LogP contribution in [0.25, 0.3) is 0 Å². The molecular weight excluding hydrogens is 176 g/mol. The first-order chi connectivity index (χ1) is 6.35. The maximum absolute atomic E-state index is 4.32. The Labute approximate surface area is 84.1 Å². The van der Waals surface area contributed by atoms with E-state index in [1.165, 1.54) is 17.6 Å². The van der Waals surface area contributed by atoms with Crippen LogP contribution in [-0.4, -0.2) is 5.75 Å². The summed E-state index contributed by atoms with van der Waals surface area (Å²) < 4.78 is 0. The topological polar surface area (TPSA) is 0 Å². The second-order valence-electron chi connectivity index (χ2n) is 4.07. The zero-order valence-corrected chi connectivity index (χ0v) is 8.30. The average molecular weight is 188 g/mol. The molecule has 1 fully saturated rings. The van der Waals surface area contributed by atoms with E-state index in [-0.39, 0.29) is 0 Å². The predicted molar refractivity (Wildman–Crippen MR) is 58.8 cm³/mol. The van der Waals surface area contributed by atoms with Crippen LogP contribution >= 0.6 is 12.6 Å². The minimum atomic E-state index is 0.404. The molecule has 66 valence electrons. The van der Waals surface area contributed by atoms with Gasteiger partial charge in [0, 0.05) is 11.2 Å². The Morgan fingerprint density at radius 3 is 3.23 bits per heavy atom. The molecule has 0 radical (unpaired) electrons. The van der Waals surface area contributed by atoms with Gasteiger partial charge in [0.1, 0.15) is 0 Å². The van der Waals surface area contributed by atoms with Crippen LogP contribution in [0.3, 0.4) is 0 Å². The quantitative estimate of drug-likeness (QED) is 0.601. The molecule has 0 nitrogen and oxygen atoms in total. The highest BCUT2D eigenvalue weighted by atomic mass is 32.1. The normalized spacial score (nSPS) is 39.0. The molecule has 0 amide bonds. The van der Waals surface area contributed by atoms with Crippen molar-refractivity contribution in [2.45, 2.75) is 6.42 Å². The second kappa shape index (κ2) is 2.42. The summed E-state index contributed by atoms with van der Waals surface area (Å²) in [6.45, 7) is 0. The molecule has 1 spiro atoms. The fourth-order valence-corrected chi connectivity index (χ4v) is 2.66. The van der Waals surface area contributed by atoms with E-state index in [0.29, 0.717) is 5.41 Å².